The van der Waals surface area contributed by atoms with Gasteiger partial charge in [0, 0.05) is 0 Å². The number of ether oxygens (including phenoxy) is 1. The fraction of sp³-hybridized carbons (Fsp3) is 0.625. The van der Waals surface area contributed by atoms with Crippen LogP contribution in [0, 0.1) is 24.6 Å². The summed E-state index contributed by atoms with van der Waals surface area (Å²) in [6.07, 6.45) is 6.08. The van der Waals surface area contributed by atoms with Crippen LogP contribution in [-0.4, -0.2) is 6.10 Å². The first-order chi connectivity index (χ1) is 8.65. The van der Waals surface area contributed by atoms with E-state index < -0.39 is 0 Å². The molecule has 2 heteroatoms. The van der Waals surface area contributed by atoms with E-state index >= 15 is 0 Å². The summed E-state index contributed by atoms with van der Waals surface area (Å²) in [4.78, 5) is 0. The van der Waals surface area contributed by atoms with Gasteiger partial charge in [-0.05, 0) is 68.1 Å². The zero-order valence-electron chi connectivity index (χ0n) is 11.2. The molecule has 0 heterocycles. The summed E-state index contributed by atoms with van der Waals surface area (Å²) in [5.74, 6) is 1.98. The number of rotatable bonds is 3. The van der Waals surface area contributed by atoms with Crippen molar-refractivity contribution in [2.45, 2.75) is 52.1 Å². The average molecular weight is 248 g/mol. The predicted molar refractivity (Wildman–Crippen MR) is 70.4 cm³/mol. The lowest BCUT2D eigenvalue weighted by Crippen LogP contribution is -2.39. The third kappa shape index (κ3) is 2.13. The van der Waals surface area contributed by atoms with E-state index in [0.29, 0.717) is 5.75 Å². The van der Waals surface area contributed by atoms with Crippen molar-refractivity contribution in [3.63, 3.8) is 0 Å². The van der Waals surface area contributed by atoms with Crippen LogP contribution in [-0.2, 0) is 6.42 Å². The van der Waals surface area contributed by atoms with Crippen molar-refractivity contribution in [1.82, 2.24) is 0 Å². The normalized spacial score (nSPS) is 29.8. The first kappa shape index (κ1) is 12.0. The Morgan fingerprint density at radius 2 is 1.83 bits per heavy atom. The van der Waals surface area contributed by atoms with Gasteiger partial charge in [-0.15, -0.1) is 0 Å². The Hall–Kier alpha value is -1.05. The number of benzene rings is 1. The Morgan fingerprint density at radius 3 is 2.39 bits per heavy atom. The molecule has 3 saturated carbocycles. The summed E-state index contributed by atoms with van der Waals surface area (Å²) in [5, 5.41) is 0. The SMILES string of the molecule is CCc1cc(C)c(OC2CC3CC(C3)C2)c(F)c1. The van der Waals surface area contributed by atoms with E-state index in [2.05, 4.69) is 0 Å². The summed E-state index contributed by atoms with van der Waals surface area (Å²) in [6, 6.07) is 3.66. The molecule has 18 heavy (non-hydrogen) atoms. The zero-order valence-corrected chi connectivity index (χ0v) is 11.2. The minimum Gasteiger partial charge on any atom is -0.487 e. The summed E-state index contributed by atoms with van der Waals surface area (Å²) in [5.41, 5.74) is 1.98. The van der Waals surface area contributed by atoms with Crippen molar-refractivity contribution >= 4 is 0 Å². The molecule has 0 atom stereocenters. The van der Waals surface area contributed by atoms with Gasteiger partial charge in [-0.2, -0.15) is 0 Å². The van der Waals surface area contributed by atoms with Crippen LogP contribution in [0.4, 0.5) is 4.39 Å². The Bertz CT molecular complexity index is 415. The molecule has 0 radical (unpaired) electrons. The average Bonchev–Trinajstić information content (AvgIpc) is 2.33. The number of hydrogen-bond donors (Lipinski definition) is 0. The highest BCUT2D eigenvalue weighted by molar-refractivity contribution is 5.38. The van der Waals surface area contributed by atoms with Crippen molar-refractivity contribution in [1.29, 1.82) is 0 Å². The van der Waals surface area contributed by atoms with Gasteiger partial charge in [-0.3, -0.25) is 0 Å². The molecule has 2 bridgehead atoms. The second-order valence-electron chi connectivity index (χ2n) is 5.99. The van der Waals surface area contributed by atoms with E-state index in [0.717, 1.165) is 42.2 Å². The van der Waals surface area contributed by atoms with E-state index in [1.807, 2.05) is 19.9 Å². The highest BCUT2D eigenvalue weighted by atomic mass is 19.1. The maximum Gasteiger partial charge on any atom is 0.165 e. The minimum absolute atomic E-state index is 0.189. The molecule has 1 aromatic rings. The molecule has 0 unspecified atom stereocenters. The van der Waals surface area contributed by atoms with Crippen LogP contribution in [0.15, 0.2) is 12.1 Å². The fourth-order valence-corrected chi connectivity index (χ4v) is 3.52. The van der Waals surface area contributed by atoms with Crippen molar-refractivity contribution in [2.24, 2.45) is 11.8 Å². The van der Waals surface area contributed by atoms with E-state index in [-0.39, 0.29) is 11.9 Å². The Balaban J connectivity index is 1.76. The molecule has 3 aliphatic carbocycles. The molecule has 1 nitrogen and oxygen atoms in total. The lowest BCUT2D eigenvalue weighted by Gasteiger charge is -2.45. The van der Waals surface area contributed by atoms with Gasteiger partial charge in [0.05, 0.1) is 6.10 Å². The highest BCUT2D eigenvalue weighted by Gasteiger charge is 2.39. The highest BCUT2D eigenvalue weighted by Crippen LogP contribution is 2.46. The van der Waals surface area contributed by atoms with E-state index in [9.17, 15) is 4.39 Å². The summed E-state index contributed by atoms with van der Waals surface area (Å²) < 4.78 is 20.0. The maximum atomic E-state index is 14.0. The van der Waals surface area contributed by atoms with Gasteiger partial charge in [0.1, 0.15) is 0 Å². The molecule has 1 aromatic carbocycles. The van der Waals surface area contributed by atoms with Gasteiger partial charge in [-0.25, -0.2) is 4.39 Å². The molecule has 3 fully saturated rings. The van der Waals surface area contributed by atoms with Crippen LogP contribution in [0.25, 0.3) is 0 Å². The van der Waals surface area contributed by atoms with Gasteiger partial charge in [0.2, 0.25) is 0 Å². The molecule has 98 valence electrons. The summed E-state index contributed by atoms with van der Waals surface area (Å²) in [6.45, 7) is 3.99. The Morgan fingerprint density at radius 1 is 1.17 bits per heavy atom. The molecule has 0 spiro atoms. The summed E-state index contributed by atoms with van der Waals surface area (Å²) >= 11 is 0. The lowest BCUT2D eigenvalue weighted by molar-refractivity contribution is 0.0109. The predicted octanol–water partition coefficient (Wildman–Crippen LogP) is 4.26. The second-order valence-corrected chi connectivity index (χ2v) is 5.99. The second kappa shape index (κ2) is 4.56. The van der Waals surface area contributed by atoms with Crippen molar-refractivity contribution < 1.29 is 9.13 Å². The van der Waals surface area contributed by atoms with Crippen LogP contribution < -0.4 is 4.74 Å². The smallest absolute Gasteiger partial charge is 0.165 e. The van der Waals surface area contributed by atoms with E-state index in [1.165, 1.54) is 12.8 Å². The Kier molecular flexibility index (Phi) is 3.04. The lowest BCUT2D eigenvalue weighted by atomic mass is 9.64. The third-order valence-electron chi connectivity index (χ3n) is 4.51. The zero-order chi connectivity index (χ0) is 12.7. The largest absolute Gasteiger partial charge is 0.487 e. The molecule has 0 saturated heterocycles. The molecular weight excluding hydrogens is 227 g/mol. The van der Waals surface area contributed by atoms with Gasteiger partial charge in [0.15, 0.2) is 11.6 Å². The molecule has 3 aliphatic rings. The topological polar surface area (TPSA) is 9.23 Å². The van der Waals surface area contributed by atoms with Crippen LogP contribution in [0.3, 0.4) is 0 Å². The molecule has 0 amide bonds. The number of fused-ring (bicyclic) bond motifs is 2. The molecule has 4 rings (SSSR count). The molecular formula is C16H21FO. The van der Waals surface area contributed by atoms with Crippen molar-refractivity contribution in [3.8, 4) is 5.75 Å². The first-order valence-electron chi connectivity index (χ1n) is 7.11. The quantitative estimate of drug-likeness (QED) is 0.776. The summed E-state index contributed by atoms with van der Waals surface area (Å²) in [7, 11) is 0. The molecule has 0 aliphatic heterocycles. The monoisotopic (exact) mass is 248 g/mol. The number of aryl methyl sites for hydroxylation is 2. The molecule has 0 aromatic heterocycles. The standard InChI is InChI=1S/C16H21FO/c1-3-11-4-10(2)16(15(17)9-11)18-14-7-12-5-13(6-12)8-14/h4,9,12-14H,3,5-8H2,1-2H3. The van der Waals surface area contributed by atoms with Gasteiger partial charge >= 0.3 is 0 Å². The fourth-order valence-electron chi connectivity index (χ4n) is 3.52. The first-order valence-corrected chi connectivity index (χ1v) is 7.11. The van der Waals surface area contributed by atoms with Gasteiger partial charge in [0.25, 0.3) is 0 Å². The minimum atomic E-state index is -0.189. The maximum absolute atomic E-state index is 14.0. The number of hydrogen-bond acceptors (Lipinski definition) is 1. The van der Waals surface area contributed by atoms with Crippen LogP contribution in [0.2, 0.25) is 0 Å². The third-order valence-corrected chi connectivity index (χ3v) is 4.51. The van der Waals surface area contributed by atoms with Crippen LogP contribution >= 0.6 is 0 Å². The Labute approximate surface area is 108 Å². The van der Waals surface area contributed by atoms with E-state index in [1.54, 1.807) is 6.07 Å². The van der Waals surface area contributed by atoms with Gasteiger partial charge < -0.3 is 4.74 Å². The van der Waals surface area contributed by atoms with E-state index in [4.69, 9.17) is 4.74 Å². The van der Waals surface area contributed by atoms with Crippen LogP contribution in [0.1, 0.15) is 43.7 Å². The molecule has 0 N–H and O–H groups in total. The van der Waals surface area contributed by atoms with Crippen molar-refractivity contribution in [3.05, 3.63) is 29.1 Å². The van der Waals surface area contributed by atoms with Crippen molar-refractivity contribution in [2.75, 3.05) is 0 Å². The number of halogens is 1. The van der Waals surface area contributed by atoms with Crippen LogP contribution in [0.5, 0.6) is 5.75 Å². The van der Waals surface area contributed by atoms with Gasteiger partial charge in [-0.1, -0.05) is 13.0 Å².